The van der Waals surface area contributed by atoms with Crippen molar-refractivity contribution in [2.75, 3.05) is 13.2 Å². The number of carbonyl (C=O) groups is 2. The van der Waals surface area contributed by atoms with Gasteiger partial charge in [-0.1, -0.05) is 60.0 Å². The Balaban J connectivity index is 1.51. The van der Waals surface area contributed by atoms with E-state index in [0.717, 1.165) is 29.3 Å². The maximum absolute atomic E-state index is 13.3. The number of benzene rings is 1. The van der Waals surface area contributed by atoms with Gasteiger partial charge in [0.25, 0.3) is 0 Å². The van der Waals surface area contributed by atoms with E-state index >= 15 is 0 Å². The predicted octanol–water partition coefficient (Wildman–Crippen LogP) is 4.03. The second-order valence-electron chi connectivity index (χ2n) is 7.97. The van der Waals surface area contributed by atoms with Crippen LogP contribution in [0.25, 0.3) is 0 Å². The zero-order valence-corrected chi connectivity index (χ0v) is 17.9. The van der Waals surface area contributed by atoms with Crippen LogP contribution in [-0.2, 0) is 19.1 Å². The van der Waals surface area contributed by atoms with Crippen LogP contribution in [0.3, 0.4) is 0 Å². The summed E-state index contributed by atoms with van der Waals surface area (Å²) in [4.78, 5) is 27.9. The molecule has 2 bridgehead atoms. The third-order valence-corrected chi connectivity index (χ3v) is 6.74. The molecule has 5 atom stereocenters. The number of esters is 1. The highest BCUT2D eigenvalue weighted by Crippen LogP contribution is 2.53. The number of hydrogen-bond acceptors (Lipinski definition) is 4. The molecular weight excluding hydrogens is 422 g/mol. The topological polar surface area (TPSA) is 55.8 Å². The molecule has 0 radical (unpaired) electrons. The monoisotopic (exact) mass is 447 g/mol. The van der Waals surface area contributed by atoms with Crippen molar-refractivity contribution in [3.63, 3.8) is 0 Å². The number of ether oxygens (including phenoxy) is 2. The molecule has 28 heavy (non-hydrogen) atoms. The Bertz CT molecular complexity index is 792. The minimum absolute atomic E-state index is 0.0159. The Morgan fingerprint density at radius 3 is 2.82 bits per heavy atom. The van der Waals surface area contributed by atoms with Gasteiger partial charge < -0.3 is 14.4 Å². The van der Waals surface area contributed by atoms with E-state index in [0.29, 0.717) is 13.2 Å². The van der Waals surface area contributed by atoms with Crippen molar-refractivity contribution in [2.45, 2.75) is 50.9 Å². The summed E-state index contributed by atoms with van der Waals surface area (Å²) in [7, 11) is 0. The van der Waals surface area contributed by atoms with E-state index in [9.17, 15) is 9.59 Å². The van der Waals surface area contributed by atoms with Crippen molar-refractivity contribution in [2.24, 2.45) is 11.8 Å². The fourth-order valence-corrected chi connectivity index (χ4v) is 4.93. The Hall–Kier alpha value is -1.66. The number of hydrogen-bond donors (Lipinski definition) is 0. The molecule has 4 rings (SSSR count). The van der Waals surface area contributed by atoms with Crippen LogP contribution in [0.1, 0.15) is 44.7 Å². The van der Waals surface area contributed by atoms with Gasteiger partial charge in [-0.2, -0.15) is 0 Å². The molecule has 5 unspecified atom stereocenters. The van der Waals surface area contributed by atoms with Gasteiger partial charge in [-0.3, -0.25) is 9.59 Å². The number of halogens is 1. The van der Waals surface area contributed by atoms with Gasteiger partial charge in [-0.05, 0) is 31.0 Å². The normalized spacial score (nSPS) is 31.3. The van der Waals surface area contributed by atoms with Gasteiger partial charge in [-0.25, -0.2) is 0 Å². The van der Waals surface area contributed by atoms with Gasteiger partial charge in [0.2, 0.25) is 5.91 Å². The average Bonchev–Trinajstić information content (AvgIpc) is 3.33. The summed E-state index contributed by atoms with van der Waals surface area (Å²) in [5, 5.41) is 0. The zero-order valence-electron chi connectivity index (χ0n) is 16.3. The van der Waals surface area contributed by atoms with Crippen LogP contribution >= 0.6 is 15.9 Å². The molecule has 150 valence electrons. The van der Waals surface area contributed by atoms with Crippen LogP contribution in [-0.4, -0.2) is 41.6 Å². The molecule has 5 nitrogen and oxygen atoms in total. The van der Waals surface area contributed by atoms with Crippen LogP contribution in [0.15, 0.2) is 40.9 Å². The minimum Gasteiger partial charge on any atom is -0.465 e. The second kappa shape index (κ2) is 7.64. The maximum atomic E-state index is 13.3. The molecule has 0 aliphatic carbocycles. The first-order valence-corrected chi connectivity index (χ1v) is 10.9. The first-order chi connectivity index (χ1) is 13.5. The highest BCUT2D eigenvalue weighted by molar-refractivity contribution is 9.10. The lowest BCUT2D eigenvalue weighted by Gasteiger charge is -2.27. The second-order valence-corrected chi connectivity index (χ2v) is 8.88. The molecule has 0 aromatic heterocycles. The Labute approximate surface area is 174 Å². The summed E-state index contributed by atoms with van der Waals surface area (Å²) in [6, 6.07) is 7.90. The third-order valence-electron chi connectivity index (χ3n) is 6.21. The molecule has 0 saturated carbocycles. The summed E-state index contributed by atoms with van der Waals surface area (Å²) >= 11 is 3.45. The maximum Gasteiger partial charge on any atom is 0.312 e. The van der Waals surface area contributed by atoms with Crippen molar-refractivity contribution in [1.82, 2.24) is 4.90 Å². The van der Waals surface area contributed by atoms with E-state index in [2.05, 4.69) is 22.9 Å². The molecule has 1 aromatic carbocycles. The smallest absolute Gasteiger partial charge is 0.312 e. The SMILES string of the molecule is CCCCCOC(=O)C1C2C=CC3(CN(C(C)c4ccc(Br)cc4)C(=O)C13)O2. The van der Waals surface area contributed by atoms with Gasteiger partial charge in [0, 0.05) is 4.47 Å². The van der Waals surface area contributed by atoms with Crippen molar-refractivity contribution in [3.8, 4) is 0 Å². The molecular formula is C22H26BrNO4. The molecule has 3 heterocycles. The van der Waals surface area contributed by atoms with E-state index < -0.39 is 17.4 Å². The van der Waals surface area contributed by atoms with E-state index in [1.807, 2.05) is 48.2 Å². The highest BCUT2D eigenvalue weighted by atomic mass is 79.9. The summed E-state index contributed by atoms with van der Waals surface area (Å²) in [5.74, 6) is -1.35. The molecule has 3 aliphatic heterocycles. The Morgan fingerprint density at radius 1 is 1.36 bits per heavy atom. The van der Waals surface area contributed by atoms with Crippen LogP contribution in [0.2, 0.25) is 0 Å². The molecule has 1 spiro atoms. The van der Waals surface area contributed by atoms with Gasteiger partial charge in [0.15, 0.2) is 0 Å². The molecule has 1 amide bonds. The number of carbonyl (C=O) groups excluding carboxylic acids is 2. The van der Waals surface area contributed by atoms with E-state index in [-0.39, 0.29) is 24.0 Å². The summed E-state index contributed by atoms with van der Waals surface area (Å²) in [6.07, 6.45) is 6.51. The van der Waals surface area contributed by atoms with Crippen molar-refractivity contribution >= 4 is 27.8 Å². The quantitative estimate of drug-likeness (QED) is 0.359. The first-order valence-electron chi connectivity index (χ1n) is 10.1. The number of rotatable bonds is 7. The van der Waals surface area contributed by atoms with Gasteiger partial charge >= 0.3 is 5.97 Å². The molecule has 2 fully saturated rings. The molecule has 1 aromatic rings. The van der Waals surface area contributed by atoms with Gasteiger partial charge in [-0.15, -0.1) is 0 Å². The molecule has 6 heteroatoms. The fourth-order valence-electron chi connectivity index (χ4n) is 4.67. The van der Waals surface area contributed by atoms with Crippen LogP contribution in [0, 0.1) is 11.8 Å². The lowest BCUT2D eigenvalue weighted by Crippen LogP contribution is -2.40. The largest absolute Gasteiger partial charge is 0.465 e. The third kappa shape index (κ3) is 3.20. The summed E-state index contributed by atoms with van der Waals surface area (Å²) in [6.45, 7) is 5.01. The first kappa shape index (κ1) is 19.6. The average molecular weight is 448 g/mol. The number of unbranched alkanes of at least 4 members (excludes halogenated alkanes) is 2. The van der Waals surface area contributed by atoms with Crippen LogP contribution < -0.4 is 0 Å². The Morgan fingerprint density at radius 2 is 2.11 bits per heavy atom. The van der Waals surface area contributed by atoms with Crippen LogP contribution in [0.4, 0.5) is 0 Å². The number of amides is 1. The zero-order chi connectivity index (χ0) is 19.9. The highest BCUT2D eigenvalue weighted by Gasteiger charge is 2.67. The van der Waals surface area contributed by atoms with Crippen molar-refractivity contribution < 1.29 is 19.1 Å². The number of fused-ring (bicyclic) bond motifs is 1. The lowest BCUT2D eigenvalue weighted by atomic mass is 9.77. The standard InChI is InChI=1S/C22H26BrNO4/c1-3-4-5-12-27-21(26)18-17-10-11-22(28-17)13-24(20(25)19(18)22)14(2)15-6-8-16(23)9-7-15/h6-11,14,17-19H,3-5,12-13H2,1-2H3. The lowest BCUT2D eigenvalue weighted by molar-refractivity contribution is -0.154. The van der Waals surface area contributed by atoms with E-state index in [4.69, 9.17) is 9.47 Å². The fraction of sp³-hybridized carbons (Fsp3) is 0.545. The number of likely N-dealkylation sites (tertiary alicyclic amines) is 1. The van der Waals surface area contributed by atoms with Gasteiger partial charge in [0.1, 0.15) is 11.5 Å². The molecule has 2 saturated heterocycles. The molecule has 3 aliphatic rings. The predicted molar refractivity (Wildman–Crippen MR) is 108 cm³/mol. The Kier molecular flexibility index (Phi) is 5.36. The van der Waals surface area contributed by atoms with Crippen LogP contribution in [0.5, 0.6) is 0 Å². The van der Waals surface area contributed by atoms with Crippen molar-refractivity contribution in [1.29, 1.82) is 0 Å². The van der Waals surface area contributed by atoms with E-state index in [1.54, 1.807) is 0 Å². The van der Waals surface area contributed by atoms with Gasteiger partial charge in [0.05, 0.1) is 31.2 Å². The van der Waals surface area contributed by atoms with E-state index in [1.165, 1.54) is 0 Å². The minimum atomic E-state index is -0.696. The summed E-state index contributed by atoms with van der Waals surface area (Å²) < 4.78 is 12.7. The van der Waals surface area contributed by atoms with Crippen molar-refractivity contribution in [3.05, 3.63) is 46.5 Å². The molecule has 0 N–H and O–H groups in total. The number of nitrogens with zero attached hydrogens (tertiary/aromatic N) is 1. The summed E-state index contributed by atoms with van der Waals surface area (Å²) in [5.41, 5.74) is 0.364.